The Morgan fingerprint density at radius 2 is 2.37 bits per heavy atom. The van der Waals surface area contributed by atoms with Crippen molar-refractivity contribution in [2.75, 3.05) is 5.32 Å². The van der Waals surface area contributed by atoms with Crippen molar-refractivity contribution in [3.05, 3.63) is 45.8 Å². The Labute approximate surface area is 116 Å². The summed E-state index contributed by atoms with van der Waals surface area (Å²) in [5.74, 6) is 1.28. The molecule has 0 aromatic carbocycles. The number of aryl methyl sites for hydroxylation is 1. The molecule has 2 heterocycles. The van der Waals surface area contributed by atoms with Crippen LogP contribution in [0.25, 0.3) is 0 Å². The van der Waals surface area contributed by atoms with Crippen LogP contribution >= 0.6 is 11.3 Å². The zero-order valence-electron chi connectivity index (χ0n) is 10.8. The number of hydrogen-bond acceptors (Lipinski definition) is 3. The molecule has 2 aromatic heterocycles. The predicted molar refractivity (Wildman–Crippen MR) is 77.7 cm³/mol. The number of fused-ring (bicyclic) bond motifs is 1. The van der Waals surface area contributed by atoms with Gasteiger partial charge in [0.2, 0.25) is 0 Å². The van der Waals surface area contributed by atoms with E-state index in [0.717, 1.165) is 23.6 Å². The van der Waals surface area contributed by atoms with Crippen LogP contribution in [0.2, 0.25) is 0 Å². The number of pyridine rings is 1. The van der Waals surface area contributed by atoms with Crippen molar-refractivity contribution in [2.45, 2.75) is 26.2 Å². The molecule has 4 heteroatoms. The molecule has 19 heavy (non-hydrogen) atoms. The first-order valence-corrected chi connectivity index (χ1v) is 7.38. The zero-order chi connectivity index (χ0) is 13.2. The fraction of sp³-hybridized carbons (Fsp3) is 0.333. The monoisotopic (exact) mass is 272 g/mol. The molecule has 1 aliphatic carbocycles. The Balaban J connectivity index is 1.78. The molecule has 0 saturated carbocycles. The standard InChI is InChI=1S/C15H16N2OS/c1-10-5-6-12-11(8-10)9-13(19-12)15(18)17-14-4-2-3-7-16-14/h2-4,7,9-10H,5-6,8H2,1H3,(H,16,17,18)/t10-/m0/s1. The molecule has 3 nitrogen and oxygen atoms in total. The Bertz CT molecular complexity index is 591. The Kier molecular flexibility index (Phi) is 3.34. The van der Waals surface area contributed by atoms with Crippen LogP contribution in [-0.2, 0) is 12.8 Å². The van der Waals surface area contributed by atoms with E-state index in [0.29, 0.717) is 5.82 Å². The summed E-state index contributed by atoms with van der Waals surface area (Å²) in [7, 11) is 0. The SMILES string of the molecule is C[C@H]1CCc2sc(C(=O)Nc3ccccn3)cc2C1. The third-order valence-electron chi connectivity index (χ3n) is 3.46. The van der Waals surface area contributed by atoms with E-state index in [1.165, 1.54) is 16.9 Å². The lowest BCUT2D eigenvalue weighted by atomic mass is 9.90. The first kappa shape index (κ1) is 12.4. The van der Waals surface area contributed by atoms with Crippen molar-refractivity contribution in [3.8, 4) is 0 Å². The number of thiophene rings is 1. The fourth-order valence-electron chi connectivity index (χ4n) is 2.43. The van der Waals surface area contributed by atoms with Crippen molar-refractivity contribution in [1.82, 2.24) is 4.98 Å². The molecular formula is C15H16N2OS. The number of carbonyl (C=O) groups is 1. The number of carbonyl (C=O) groups excluding carboxylic acids is 1. The maximum absolute atomic E-state index is 12.2. The fourth-order valence-corrected chi connectivity index (χ4v) is 3.54. The van der Waals surface area contributed by atoms with Gasteiger partial charge in [-0.15, -0.1) is 11.3 Å². The van der Waals surface area contributed by atoms with Gasteiger partial charge >= 0.3 is 0 Å². The molecule has 0 radical (unpaired) electrons. The lowest BCUT2D eigenvalue weighted by molar-refractivity contribution is 0.103. The minimum absolute atomic E-state index is 0.0502. The first-order chi connectivity index (χ1) is 9.22. The van der Waals surface area contributed by atoms with Gasteiger partial charge in [-0.3, -0.25) is 4.79 Å². The van der Waals surface area contributed by atoms with Gasteiger partial charge in [-0.2, -0.15) is 0 Å². The lowest BCUT2D eigenvalue weighted by Gasteiger charge is -2.16. The van der Waals surface area contributed by atoms with E-state index in [2.05, 4.69) is 17.2 Å². The van der Waals surface area contributed by atoms with Gasteiger partial charge in [0.15, 0.2) is 0 Å². The van der Waals surface area contributed by atoms with Gasteiger partial charge in [0.1, 0.15) is 5.82 Å². The Hall–Kier alpha value is -1.68. The van der Waals surface area contributed by atoms with Gasteiger partial charge in [-0.25, -0.2) is 4.98 Å². The lowest BCUT2D eigenvalue weighted by Crippen LogP contribution is -2.11. The van der Waals surface area contributed by atoms with Crippen molar-refractivity contribution in [3.63, 3.8) is 0 Å². The molecule has 3 rings (SSSR count). The molecule has 1 atom stereocenters. The van der Waals surface area contributed by atoms with E-state index in [-0.39, 0.29) is 5.91 Å². The summed E-state index contributed by atoms with van der Waals surface area (Å²) in [4.78, 5) is 18.5. The second-order valence-corrected chi connectivity index (χ2v) is 6.21. The van der Waals surface area contributed by atoms with E-state index in [9.17, 15) is 4.79 Å². The summed E-state index contributed by atoms with van der Waals surface area (Å²) < 4.78 is 0. The van der Waals surface area contributed by atoms with Crippen LogP contribution in [0, 0.1) is 5.92 Å². The summed E-state index contributed by atoms with van der Waals surface area (Å²) in [5, 5.41) is 2.84. The Morgan fingerprint density at radius 1 is 1.47 bits per heavy atom. The number of nitrogens with one attached hydrogen (secondary N) is 1. The topological polar surface area (TPSA) is 42.0 Å². The molecule has 98 valence electrons. The van der Waals surface area contributed by atoms with Crippen LogP contribution < -0.4 is 5.32 Å². The van der Waals surface area contributed by atoms with E-state index in [4.69, 9.17) is 0 Å². The minimum atomic E-state index is -0.0502. The Morgan fingerprint density at radius 3 is 3.16 bits per heavy atom. The van der Waals surface area contributed by atoms with E-state index < -0.39 is 0 Å². The summed E-state index contributed by atoms with van der Waals surface area (Å²) in [6.45, 7) is 2.27. The summed E-state index contributed by atoms with van der Waals surface area (Å²) in [5.41, 5.74) is 1.36. The van der Waals surface area contributed by atoms with Gasteiger partial charge < -0.3 is 5.32 Å². The van der Waals surface area contributed by atoms with Crippen molar-refractivity contribution in [1.29, 1.82) is 0 Å². The highest BCUT2D eigenvalue weighted by Crippen LogP contribution is 2.32. The smallest absolute Gasteiger partial charge is 0.266 e. The highest BCUT2D eigenvalue weighted by molar-refractivity contribution is 7.14. The van der Waals surface area contributed by atoms with Crippen LogP contribution in [0.5, 0.6) is 0 Å². The van der Waals surface area contributed by atoms with E-state index in [1.54, 1.807) is 23.6 Å². The number of amides is 1. The second-order valence-electron chi connectivity index (χ2n) is 5.08. The quantitative estimate of drug-likeness (QED) is 0.909. The number of aromatic nitrogens is 1. The number of hydrogen-bond donors (Lipinski definition) is 1. The average molecular weight is 272 g/mol. The van der Waals surface area contributed by atoms with Gasteiger partial charge in [-0.1, -0.05) is 13.0 Å². The van der Waals surface area contributed by atoms with E-state index >= 15 is 0 Å². The highest BCUT2D eigenvalue weighted by Gasteiger charge is 2.20. The summed E-state index contributed by atoms with van der Waals surface area (Å²) in [6, 6.07) is 7.55. The van der Waals surface area contributed by atoms with Crippen LogP contribution in [0.1, 0.15) is 33.5 Å². The van der Waals surface area contributed by atoms with Crippen LogP contribution in [0.15, 0.2) is 30.5 Å². The third-order valence-corrected chi connectivity index (χ3v) is 4.70. The van der Waals surface area contributed by atoms with Crippen molar-refractivity contribution < 1.29 is 4.79 Å². The summed E-state index contributed by atoms with van der Waals surface area (Å²) in [6.07, 6.45) is 5.12. The molecule has 0 spiro atoms. The van der Waals surface area contributed by atoms with Crippen molar-refractivity contribution >= 4 is 23.1 Å². The van der Waals surface area contributed by atoms with Crippen LogP contribution in [-0.4, -0.2) is 10.9 Å². The molecule has 0 bridgehead atoms. The summed E-state index contributed by atoms with van der Waals surface area (Å²) >= 11 is 1.62. The molecule has 0 unspecified atom stereocenters. The maximum atomic E-state index is 12.2. The zero-order valence-corrected chi connectivity index (χ0v) is 11.7. The van der Waals surface area contributed by atoms with Gasteiger partial charge in [-0.05, 0) is 48.9 Å². The second kappa shape index (κ2) is 5.13. The molecule has 2 aromatic rings. The van der Waals surface area contributed by atoms with Gasteiger partial charge in [0, 0.05) is 11.1 Å². The largest absolute Gasteiger partial charge is 0.306 e. The van der Waals surface area contributed by atoms with Gasteiger partial charge in [0.05, 0.1) is 4.88 Å². The van der Waals surface area contributed by atoms with Gasteiger partial charge in [0.25, 0.3) is 5.91 Å². The first-order valence-electron chi connectivity index (χ1n) is 6.56. The molecule has 1 N–H and O–H groups in total. The maximum Gasteiger partial charge on any atom is 0.266 e. The average Bonchev–Trinajstić information content (AvgIpc) is 2.83. The normalized spacial score (nSPS) is 17.8. The number of anilines is 1. The van der Waals surface area contributed by atoms with Crippen molar-refractivity contribution in [2.24, 2.45) is 5.92 Å². The molecule has 1 amide bonds. The third kappa shape index (κ3) is 2.68. The predicted octanol–water partition coefficient (Wildman–Crippen LogP) is 3.52. The van der Waals surface area contributed by atoms with E-state index in [1.807, 2.05) is 18.2 Å². The molecular weight excluding hydrogens is 256 g/mol. The minimum Gasteiger partial charge on any atom is -0.306 e. The molecule has 0 fully saturated rings. The molecule has 1 aliphatic rings. The molecule has 0 aliphatic heterocycles. The number of rotatable bonds is 2. The van der Waals surface area contributed by atoms with Crippen LogP contribution in [0.4, 0.5) is 5.82 Å². The van der Waals surface area contributed by atoms with Crippen LogP contribution in [0.3, 0.4) is 0 Å². The molecule has 0 saturated heterocycles. The number of nitrogens with zero attached hydrogens (tertiary/aromatic N) is 1. The highest BCUT2D eigenvalue weighted by atomic mass is 32.1.